The van der Waals surface area contributed by atoms with E-state index in [2.05, 4.69) is 9.98 Å². The molecule has 1 heterocycles. The maximum atomic E-state index is 11.2. The van der Waals surface area contributed by atoms with E-state index in [0.717, 1.165) is 0 Å². The largest absolute Gasteiger partial charge is 0.505 e. The van der Waals surface area contributed by atoms with Gasteiger partial charge in [0, 0.05) is 23.5 Å². The number of aromatic hydroxyl groups is 1. The first-order valence-electron chi connectivity index (χ1n) is 6.42. The van der Waals surface area contributed by atoms with Gasteiger partial charge in [-0.2, -0.15) is 0 Å². The van der Waals surface area contributed by atoms with Gasteiger partial charge in [-0.25, -0.2) is 0 Å². The van der Waals surface area contributed by atoms with Gasteiger partial charge in [-0.05, 0) is 6.92 Å². The summed E-state index contributed by atoms with van der Waals surface area (Å²) in [4.78, 5) is 19.3. The lowest BCUT2D eigenvalue weighted by Crippen LogP contribution is -2.13. The van der Waals surface area contributed by atoms with Crippen LogP contribution in [0.1, 0.15) is 30.7 Å². The topological polar surface area (TPSA) is 92.0 Å². The highest BCUT2D eigenvalue weighted by atomic mass is 16.5. The molecule has 1 aromatic rings. The summed E-state index contributed by atoms with van der Waals surface area (Å²) in [5, 5.41) is 19.1. The molecule has 0 bridgehead atoms. The molecule has 0 saturated heterocycles. The number of carbonyl (C=O) groups is 1. The standard InChI is InChI=1S/C14H20N2O4/c1-9(2)14(19)20-5-4-15-7-12-11(8-17)6-16-10(3)13(12)18/h6-7,9,17-18H,4-5,8H2,1-3H3. The highest BCUT2D eigenvalue weighted by Crippen LogP contribution is 2.21. The van der Waals surface area contributed by atoms with Gasteiger partial charge >= 0.3 is 5.97 Å². The number of hydrogen-bond donors (Lipinski definition) is 2. The molecule has 2 N–H and O–H groups in total. The van der Waals surface area contributed by atoms with E-state index < -0.39 is 0 Å². The molecule has 0 aliphatic heterocycles. The van der Waals surface area contributed by atoms with E-state index in [4.69, 9.17) is 4.74 Å². The van der Waals surface area contributed by atoms with Crippen LogP contribution in [0.15, 0.2) is 11.2 Å². The minimum absolute atomic E-state index is 0.000486. The number of nitrogens with zero attached hydrogens (tertiary/aromatic N) is 2. The normalized spacial score (nSPS) is 11.2. The molecule has 0 aliphatic rings. The average Bonchev–Trinajstić information content (AvgIpc) is 2.42. The molecule has 6 nitrogen and oxygen atoms in total. The molecule has 0 spiro atoms. The summed E-state index contributed by atoms with van der Waals surface area (Å²) in [5.41, 5.74) is 1.40. The number of esters is 1. The van der Waals surface area contributed by atoms with Gasteiger partial charge < -0.3 is 14.9 Å². The number of aliphatic imine (C=N–C) groups is 1. The second kappa shape index (κ2) is 7.59. The average molecular weight is 280 g/mol. The molecule has 110 valence electrons. The molecule has 0 aromatic carbocycles. The number of aliphatic hydroxyl groups excluding tert-OH is 1. The molecule has 0 aliphatic carbocycles. The Morgan fingerprint density at radius 3 is 2.85 bits per heavy atom. The summed E-state index contributed by atoms with van der Waals surface area (Å²) in [6.07, 6.45) is 2.95. The minimum Gasteiger partial charge on any atom is -0.505 e. The van der Waals surface area contributed by atoms with Crippen molar-refractivity contribution in [2.75, 3.05) is 13.2 Å². The van der Waals surface area contributed by atoms with Crippen molar-refractivity contribution in [3.8, 4) is 5.75 Å². The number of pyridine rings is 1. The Hall–Kier alpha value is -1.95. The molecule has 0 atom stereocenters. The Labute approximate surface area is 118 Å². The zero-order chi connectivity index (χ0) is 15.1. The van der Waals surface area contributed by atoms with E-state index in [0.29, 0.717) is 23.4 Å². The fraction of sp³-hybridized carbons (Fsp3) is 0.500. The van der Waals surface area contributed by atoms with E-state index >= 15 is 0 Å². The molecule has 0 fully saturated rings. The van der Waals surface area contributed by atoms with Crippen molar-refractivity contribution in [1.29, 1.82) is 0 Å². The molecule has 0 saturated carbocycles. The van der Waals surface area contributed by atoms with Crippen molar-refractivity contribution >= 4 is 12.2 Å². The predicted molar refractivity (Wildman–Crippen MR) is 74.8 cm³/mol. The lowest BCUT2D eigenvalue weighted by molar-refractivity contribution is -0.146. The van der Waals surface area contributed by atoms with Crippen molar-refractivity contribution < 1.29 is 19.7 Å². The van der Waals surface area contributed by atoms with Crippen LogP contribution in [0.25, 0.3) is 0 Å². The Balaban J connectivity index is 2.62. The highest BCUT2D eigenvalue weighted by molar-refractivity contribution is 5.85. The van der Waals surface area contributed by atoms with Crippen molar-refractivity contribution in [2.45, 2.75) is 27.4 Å². The van der Waals surface area contributed by atoms with Crippen molar-refractivity contribution in [3.63, 3.8) is 0 Å². The summed E-state index contributed by atoms with van der Waals surface area (Å²) in [5.74, 6) is -0.426. The minimum atomic E-state index is -0.265. The second-order valence-corrected chi connectivity index (χ2v) is 4.65. The molecule has 1 aromatic heterocycles. The number of ether oxygens (including phenoxy) is 1. The number of aliphatic hydroxyl groups is 1. The van der Waals surface area contributed by atoms with Gasteiger partial charge in [0.15, 0.2) is 0 Å². The Morgan fingerprint density at radius 1 is 1.55 bits per heavy atom. The van der Waals surface area contributed by atoms with Crippen LogP contribution in [0.2, 0.25) is 0 Å². The molecule has 0 unspecified atom stereocenters. The van der Waals surface area contributed by atoms with Crippen molar-refractivity contribution in [3.05, 3.63) is 23.0 Å². The first-order valence-corrected chi connectivity index (χ1v) is 6.42. The first-order chi connectivity index (χ1) is 9.47. The fourth-order valence-electron chi connectivity index (χ4n) is 1.44. The number of rotatable bonds is 6. The van der Waals surface area contributed by atoms with Gasteiger partial charge in [0.05, 0.1) is 24.8 Å². The summed E-state index contributed by atoms with van der Waals surface area (Å²) in [6.45, 7) is 5.44. The maximum absolute atomic E-state index is 11.2. The quantitative estimate of drug-likeness (QED) is 0.464. The smallest absolute Gasteiger partial charge is 0.308 e. The first kappa shape index (κ1) is 16.1. The van der Waals surface area contributed by atoms with E-state index in [1.54, 1.807) is 20.8 Å². The van der Waals surface area contributed by atoms with Crippen LogP contribution >= 0.6 is 0 Å². The lowest BCUT2D eigenvalue weighted by atomic mass is 10.1. The third-order valence-corrected chi connectivity index (χ3v) is 2.68. The number of carbonyl (C=O) groups excluding carboxylic acids is 1. The van der Waals surface area contributed by atoms with Gasteiger partial charge in [-0.3, -0.25) is 14.8 Å². The van der Waals surface area contributed by atoms with Crippen LogP contribution in [0.5, 0.6) is 5.75 Å². The van der Waals surface area contributed by atoms with Gasteiger partial charge in [-0.1, -0.05) is 13.8 Å². The molecule has 6 heteroatoms. The molecule has 0 radical (unpaired) electrons. The molecule has 20 heavy (non-hydrogen) atoms. The maximum Gasteiger partial charge on any atom is 0.308 e. The second-order valence-electron chi connectivity index (χ2n) is 4.65. The van der Waals surface area contributed by atoms with Crippen LogP contribution in [-0.4, -0.2) is 40.5 Å². The molecule has 1 rings (SSSR count). The molecular formula is C14H20N2O4. The SMILES string of the molecule is Cc1ncc(CO)c(C=NCCOC(=O)C(C)C)c1O. The summed E-state index contributed by atoms with van der Waals surface area (Å²) in [6, 6.07) is 0. The van der Waals surface area contributed by atoms with E-state index in [1.807, 2.05) is 0 Å². The number of aryl methyl sites for hydroxylation is 1. The van der Waals surface area contributed by atoms with Crippen molar-refractivity contribution in [1.82, 2.24) is 4.98 Å². The van der Waals surface area contributed by atoms with Crippen LogP contribution in [0.4, 0.5) is 0 Å². The third-order valence-electron chi connectivity index (χ3n) is 2.68. The zero-order valence-electron chi connectivity index (χ0n) is 12.0. The third kappa shape index (κ3) is 4.31. The van der Waals surface area contributed by atoms with Crippen molar-refractivity contribution in [2.24, 2.45) is 10.9 Å². The lowest BCUT2D eigenvalue weighted by Gasteiger charge is -2.07. The van der Waals surface area contributed by atoms with Crippen LogP contribution in [0, 0.1) is 12.8 Å². The Bertz CT molecular complexity index is 498. The Morgan fingerprint density at radius 2 is 2.25 bits per heavy atom. The summed E-state index contributed by atoms with van der Waals surface area (Å²) in [7, 11) is 0. The summed E-state index contributed by atoms with van der Waals surface area (Å²) < 4.78 is 4.98. The van der Waals surface area contributed by atoms with E-state index in [-0.39, 0.29) is 30.9 Å². The van der Waals surface area contributed by atoms with Crippen LogP contribution in [0.3, 0.4) is 0 Å². The monoisotopic (exact) mass is 280 g/mol. The van der Waals surface area contributed by atoms with Gasteiger partial charge in [0.2, 0.25) is 0 Å². The molecular weight excluding hydrogens is 260 g/mol. The predicted octanol–water partition coefficient (Wildman–Crippen LogP) is 1.21. The zero-order valence-corrected chi connectivity index (χ0v) is 12.0. The number of hydrogen-bond acceptors (Lipinski definition) is 6. The van der Waals surface area contributed by atoms with Gasteiger partial charge in [-0.15, -0.1) is 0 Å². The van der Waals surface area contributed by atoms with Crippen LogP contribution < -0.4 is 0 Å². The van der Waals surface area contributed by atoms with Crippen LogP contribution in [-0.2, 0) is 16.1 Å². The number of aromatic nitrogens is 1. The fourth-order valence-corrected chi connectivity index (χ4v) is 1.44. The Kier molecular flexibility index (Phi) is 6.11. The van der Waals surface area contributed by atoms with Gasteiger partial charge in [0.1, 0.15) is 12.4 Å². The van der Waals surface area contributed by atoms with E-state index in [1.165, 1.54) is 12.4 Å². The highest BCUT2D eigenvalue weighted by Gasteiger charge is 2.09. The summed E-state index contributed by atoms with van der Waals surface area (Å²) >= 11 is 0. The molecule has 0 amide bonds. The van der Waals surface area contributed by atoms with E-state index in [9.17, 15) is 15.0 Å². The van der Waals surface area contributed by atoms with Gasteiger partial charge in [0.25, 0.3) is 0 Å².